The van der Waals surface area contributed by atoms with Crippen molar-refractivity contribution < 1.29 is 9.47 Å². The standard InChI is InChI=1S/C12H26N2O2/c1-10-8-14(6-5-7-16-10)12(3,9-13)11(2)15-4/h10-11H,5-9,13H2,1-4H3. The predicted molar refractivity (Wildman–Crippen MR) is 65.5 cm³/mol. The molecule has 0 bridgehead atoms. The van der Waals surface area contributed by atoms with Crippen LogP contribution in [0.4, 0.5) is 0 Å². The van der Waals surface area contributed by atoms with Gasteiger partial charge >= 0.3 is 0 Å². The lowest BCUT2D eigenvalue weighted by atomic mass is 9.92. The van der Waals surface area contributed by atoms with Gasteiger partial charge in [0.1, 0.15) is 0 Å². The second-order valence-electron chi connectivity index (χ2n) is 4.92. The van der Waals surface area contributed by atoms with Crippen LogP contribution in [0.1, 0.15) is 27.2 Å². The third-order valence-corrected chi connectivity index (χ3v) is 3.82. The largest absolute Gasteiger partial charge is 0.380 e. The molecule has 0 aliphatic carbocycles. The lowest BCUT2D eigenvalue weighted by molar-refractivity contribution is -0.0398. The van der Waals surface area contributed by atoms with Gasteiger partial charge in [0.25, 0.3) is 0 Å². The van der Waals surface area contributed by atoms with Crippen LogP contribution in [-0.4, -0.2) is 56.0 Å². The Kier molecular flexibility index (Phi) is 5.18. The number of hydrogen-bond acceptors (Lipinski definition) is 4. The Bertz CT molecular complexity index is 213. The molecule has 0 aromatic heterocycles. The highest BCUT2D eigenvalue weighted by atomic mass is 16.5. The van der Waals surface area contributed by atoms with Gasteiger partial charge in [-0.3, -0.25) is 4.90 Å². The first-order valence-electron chi connectivity index (χ1n) is 6.14. The van der Waals surface area contributed by atoms with E-state index in [2.05, 4.69) is 25.7 Å². The third kappa shape index (κ3) is 2.94. The molecule has 0 spiro atoms. The highest BCUT2D eigenvalue weighted by Crippen LogP contribution is 2.23. The molecular weight excluding hydrogens is 204 g/mol. The average molecular weight is 230 g/mol. The van der Waals surface area contributed by atoms with Crippen LogP contribution < -0.4 is 5.73 Å². The first-order valence-corrected chi connectivity index (χ1v) is 6.14. The van der Waals surface area contributed by atoms with Gasteiger partial charge in [0.05, 0.1) is 17.7 Å². The molecule has 0 saturated carbocycles. The summed E-state index contributed by atoms with van der Waals surface area (Å²) < 4.78 is 11.1. The second kappa shape index (κ2) is 5.96. The van der Waals surface area contributed by atoms with Gasteiger partial charge < -0.3 is 15.2 Å². The van der Waals surface area contributed by atoms with E-state index in [1.54, 1.807) is 7.11 Å². The molecule has 1 fully saturated rings. The lowest BCUT2D eigenvalue weighted by Crippen LogP contribution is -2.60. The molecule has 4 heteroatoms. The van der Waals surface area contributed by atoms with Crippen molar-refractivity contribution in [2.45, 2.75) is 44.9 Å². The molecule has 1 aliphatic heterocycles. The summed E-state index contributed by atoms with van der Waals surface area (Å²) in [6.45, 7) is 9.80. The Morgan fingerprint density at radius 3 is 2.88 bits per heavy atom. The van der Waals surface area contributed by atoms with E-state index in [-0.39, 0.29) is 17.7 Å². The molecule has 3 unspecified atom stereocenters. The maximum atomic E-state index is 5.95. The van der Waals surface area contributed by atoms with Gasteiger partial charge in [-0.05, 0) is 27.2 Å². The predicted octanol–water partition coefficient (Wildman–Crippen LogP) is 0.850. The summed E-state index contributed by atoms with van der Waals surface area (Å²) in [5, 5.41) is 0. The number of nitrogens with zero attached hydrogens (tertiary/aromatic N) is 1. The van der Waals surface area contributed by atoms with Gasteiger partial charge in [-0.25, -0.2) is 0 Å². The molecule has 0 radical (unpaired) electrons. The quantitative estimate of drug-likeness (QED) is 0.778. The Labute approximate surface area is 99.1 Å². The monoisotopic (exact) mass is 230 g/mol. The number of hydrogen-bond donors (Lipinski definition) is 1. The summed E-state index contributed by atoms with van der Waals surface area (Å²) in [6, 6.07) is 0. The van der Waals surface area contributed by atoms with Crippen molar-refractivity contribution in [1.82, 2.24) is 4.90 Å². The van der Waals surface area contributed by atoms with E-state index >= 15 is 0 Å². The normalized spacial score (nSPS) is 29.4. The van der Waals surface area contributed by atoms with Crippen molar-refractivity contribution in [2.75, 3.05) is 33.4 Å². The van der Waals surface area contributed by atoms with E-state index in [0.717, 1.165) is 26.1 Å². The highest BCUT2D eigenvalue weighted by molar-refractivity contribution is 4.94. The molecule has 4 nitrogen and oxygen atoms in total. The fraction of sp³-hybridized carbons (Fsp3) is 1.00. The summed E-state index contributed by atoms with van der Waals surface area (Å²) in [7, 11) is 1.75. The Hall–Kier alpha value is -0.160. The molecule has 1 rings (SSSR count). The molecule has 1 heterocycles. The summed E-state index contributed by atoms with van der Waals surface area (Å²) in [5.74, 6) is 0. The van der Waals surface area contributed by atoms with Crippen LogP contribution in [0.15, 0.2) is 0 Å². The van der Waals surface area contributed by atoms with Gasteiger partial charge in [0.2, 0.25) is 0 Å². The minimum absolute atomic E-state index is 0.100. The van der Waals surface area contributed by atoms with Gasteiger partial charge in [-0.2, -0.15) is 0 Å². The molecule has 0 amide bonds. The van der Waals surface area contributed by atoms with Gasteiger partial charge in [-0.1, -0.05) is 0 Å². The van der Waals surface area contributed by atoms with E-state index < -0.39 is 0 Å². The molecule has 0 aromatic rings. The van der Waals surface area contributed by atoms with E-state index in [1.807, 2.05) is 0 Å². The fourth-order valence-electron chi connectivity index (χ4n) is 2.26. The summed E-state index contributed by atoms with van der Waals surface area (Å²) in [6.07, 6.45) is 1.47. The second-order valence-corrected chi connectivity index (χ2v) is 4.92. The van der Waals surface area contributed by atoms with Gasteiger partial charge in [-0.15, -0.1) is 0 Å². The highest BCUT2D eigenvalue weighted by Gasteiger charge is 2.37. The zero-order chi connectivity index (χ0) is 12.2. The zero-order valence-corrected chi connectivity index (χ0v) is 11.0. The first kappa shape index (κ1) is 13.9. The molecule has 3 atom stereocenters. The Morgan fingerprint density at radius 1 is 1.62 bits per heavy atom. The summed E-state index contributed by atoms with van der Waals surface area (Å²) in [5.41, 5.74) is 5.85. The van der Waals surface area contributed by atoms with E-state index in [0.29, 0.717) is 6.54 Å². The van der Waals surface area contributed by atoms with Crippen LogP contribution in [0.5, 0.6) is 0 Å². The lowest BCUT2D eigenvalue weighted by Gasteiger charge is -2.44. The average Bonchev–Trinajstić information content (AvgIpc) is 2.52. The minimum atomic E-state index is -0.100. The summed E-state index contributed by atoms with van der Waals surface area (Å²) >= 11 is 0. The third-order valence-electron chi connectivity index (χ3n) is 3.82. The van der Waals surface area contributed by atoms with E-state index in [1.165, 1.54) is 0 Å². The van der Waals surface area contributed by atoms with Crippen LogP contribution in [0.2, 0.25) is 0 Å². The van der Waals surface area contributed by atoms with Crippen LogP contribution in [0.3, 0.4) is 0 Å². The van der Waals surface area contributed by atoms with Crippen molar-refractivity contribution in [1.29, 1.82) is 0 Å². The van der Waals surface area contributed by atoms with Crippen molar-refractivity contribution in [3.63, 3.8) is 0 Å². The maximum absolute atomic E-state index is 5.95. The number of rotatable bonds is 4. The smallest absolute Gasteiger partial charge is 0.0736 e. The van der Waals surface area contributed by atoms with Crippen molar-refractivity contribution in [3.8, 4) is 0 Å². The number of ether oxygens (including phenoxy) is 2. The van der Waals surface area contributed by atoms with Crippen molar-refractivity contribution >= 4 is 0 Å². The van der Waals surface area contributed by atoms with Gasteiger partial charge in [0, 0.05) is 33.4 Å². The molecule has 1 aliphatic rings. The number of nitrogens with two attached hydrogens (primary N) is 1. The SMILES string of the molecule is COC(C)C(C)(CN)N1CCCOC(C)C1. The molecule has 16 heavy (non-hydrogen) atoms. The van der Waals surface area contributed by atoms with Crippen LogP contribution >= 0.6 is 0 Å². The minimum Gasteiger partial charge on any atom is -0.380 e. The van der Waals surface area contributed by atoms with Crippen LogP contribution in [0.25, 0.3) is 0 Å². The molecule has 0 aromatic carbocycles. The topological polar surface area (TPSA) is 47.7 Å². The Morgan fingerprint density at radius 2 is 2.31 bits per heavy atom. The van der Waals surface area contributed by atoms with Gasteiger partial charge in [0.15, 0.2) is 0 Å². The molecular formula is C12H26N2O2. The number of methoxy groups -OCH3 is 1. The molecule has 96 valence electrons. The van der Waals surface area contributed by atoms with Crippen molar-refractivity contribution in [2.24, 2.45) is 5.73 Å². The van der Waals surface area contributed by atoms with Crippen molar-refractivity contribution in [3.05, 3.63) is 0 Å². The molecule has 2 N–H and O–H groups in total. The fourth-order valence-corrected chi connectivity index (χ4v) is 2.26. The maximum Gasteiger partial charge on any atom is 0.0736 e. The van der Waals surface area contributed by atoms with E-state index in [4.69, 9.17) is 15.2 Å². The van der Waals surface area contributed by atoms with E-state index in [9.17, 15) is 0 Å². The molecule has 1 saturated heterocycles. The summed E-state index contributed by atoms with van der Waals surface area (Å²) in [4.78, 5) is 2.42. The zero-order valence-electron chi connectivity index (χ0n) is 11.0. The Balaban J connectivity index is 2.76. The van der Waals surface area contributed by atoms with Crippen LogP contribution in [0, 0.1) is 0 Å². The first-order chi connectivity index (χ1) is 7.54. The van der Waals surface area contributed by atoms with Crippen LogP contribution in [-0.2, 0) is 9.47 Å².